The summed E-state index contributed by atoms with van der Waals surface area (Å²) in [4.78, 5) is 11.8. The van der Waals surface area contributed by atoms with Crippen LogP contribution in [0, 0.1) is 6.92 Å². The Bertz CT molecular complexity index is 350. The van der Waals surface area contributed by atoms with E-state index in [1.165, 1.54) is 0 Å². The van der Waals surface area contributed by atoms with Gasteiger partial charge in [-0.1, -0.05) is 30.7 Å². The molecule has 0 aromatic heterocycles. The number of aliphatic hydroxyl groups excluding tert-OH is 1. The SMILES string of the molecule is Cc1cccc(C(=O)CSC(C)CCO)c1. The van der Waals surface area contributed by atoms with Crippen molar-refractivity contribution in [3.05, 3.63) is 35.4 Å². The Balaban J connectivity index is 2.47. The predicted molar refractivity (Wildman–Crippen MR) is 69.1 cm³/mol. The summed E-state index contributed by atoms with van der Waals surface area (Å²) in [5.41, 5.74) is 1.89. The van der Waals surface area contributed by atoms with Gasteiger partial charge < -0.3 is 5.11 Å². The molecule has 1 atom stereocenters. The van der Waals surface area contributed by atoms with Crippen LogP contribution in [0.4, 0.5) is 0 Å². The number of hydrogen-bond donors (Lipinski definition) is 1. The highest BCUT2D eigenvalue weighted by atomic mass is 32.2. The first-order chi connectivity index (χ1) is 7.63. The number of hydrogen-bond acceptors (Lipinski definition) is 3. The Labute approximate surface area is 101 Å². The molecule has 0 bridgehead atoms. The first-order valence-corrected chi connectivity index (χ1v) is 6.50. The van der Waals surface area contributed by atoms with Gasteiger partial charge >= 0.3 is 0 Å². The molecule has 1 N–H and O–H groups in total. The van der Waals surface area contributed by atoms with Crippen LogP contribution in [0.1, 0.15) is 29.3 Å². The van der Waals surface area contributed by atoms with Crippen LogP contribution >= 0.6 is 11.8 Å². The maximum absolute atomic E-state index is 11.8. The van der Waals surface area contributed by atoms with E-state index in [0.717, 1.165) is 17.5 Å². The van der Waals surface area contributed by atoms with Gasteiger partial charge in [-0.3, -0.25) is 4.79 Å². The lowest BCUT2D eigenvalue weighted by molar-refractivity contribution is 0.102. The zero-order valence-electron chi connectivity index (χ0n) is 9.77. The molecule has 0 radical (unpaired) electrons. The van der Waals surface area contributed by atoms with Crippen LogP contribution < -0.4 is 0 Å². The Morgan fingerprint density at radius 1 is 1.50 bits per heavy atom. The number of thioether (sulfide) groups is 1. The first kappa shape index (κ1) is 13.3. The van der Waals surface area contributed by atoms with E-state index in [1.807, 2.05) is 38.1 Å². The molecule has 1 rings (SSSR count). The van der Waals surface area contributed by atoms with Crippen molar-refractivity contribution >= 4 is 17.5 Å². The lowest BCUT2D eigenvalue weighted by Gasteiger charge is -2.08. The molecule has 0 heterocycles. The molecule has 0 amide bonds. The van der Waals surface area contributed by atoms with Gasteiger partial charge in [0, 0.05) is 17.4 Å². The molecule has 0 aliphatic heterocycles. The molecular weight excluding hydrogens is 220 g/mol. The van der Waals surface area contributed by atoms with Crippen molar-refractivity contribution in [2.75, 3.05) is 12.4 Å². The van der Waals surface area contributed by atoms with Crippen LogP contribution in [-0.2, 0) is 0 Å². The third kappa shape index (κ3) is 4.37. The molecule has 0 spiro atoms. The fourth-order valence-electron chi connectivity index (χ4n) is 1.38. The monoisotopic (exact) mass is 238 g/mol. The fraction of sp³-hybridized carbons (Fsp3) is 0.462. The third-order valence-corrected chi connectivity index (χ3v) is 3.61. The highest BCUT2D eigenvalue weighted by Gasteiger charge is 2.09. The topological polar surface area (TPSA) is 37.3 Å². The van der Waals surface area contributed by atoms with Crippen molar-refractivity contribution in [1.29, 1.82) is 0 Å². The van der Waals surface area contributed by atoms with Gasteiger partial charge in [0.05, 0.1) is 5.75 Å². The second kappa shape index (κ2) is 6.71. The molecule has 0 saturated carbocycles. The summed E-state index contributed by atoms with van der Waals surface area (Å²) >= 11 is 1.60. The minimum atomic E-state index is 0.165. The van der Waals surface area contributed by atoms with E-state index in [1.54, 1.807) is 11.8 Å². The Morgan fingerprint density at radius 2 is 2.25 bits per heavy atom. The van der Waals surface area contributed by atoms with Crippen molar-refractivity contribution in [2.24, 2.45) is 0 Å². The van der Waals surface area contributed by atoms with E-state index in [0.29, 0.717) is 11.0 Å². The zero-order chi connectivity index (χ0) is 12.0. The van der Waals surface area contributed by atoms with Crippen LogP contribution in [-0.4, -0.2) is 28.5 Å². The fourth-order valence-corrected chi connectivity index (χ4v) is 2.26. The lowest BCUT2D eigenvalue weighted by atomic mass is 10.1. The lowest BCUT2D eigenvalue weighted by Crippen LogP contribution is -2.07. The highest BCUT2D eigenvalue weighted by molar-refractivity contribution is 8.00. The Hall–Kier alpha value is -0.800. The van der Waals surface area contributed by atoms with Gasteiger partial charge in [0.15, 0.2) is 5.78 Å². The number of ketones is 1. The van der Waals surface area contributed by atoms with Crippen LogP contribution in [0.3, 0.4) is 0 Å². The van der Waals surface area contributed by atoms with Gasteiger partial charge in [0.2, 0.25) is 0 Å². The minimum absolute atomic E-state index is 0.165. The quantitative estimate of drug-likeness (QED) is 0.774. The average Bonchev–Trinajstić information content (AvgIpc) is 2.26. The first-order valence-electron chi connectivity index (χ1n) is 5.46. The van der Waals surface area contributed by atoms with E-state index in [4.69, 9.17) is 5.11 Å². The maximum Gasteiger partial charge on any atom is 0.172 e. The molecule has 0 aliphatic carbocycles. The number of benzene rings is 1. The minimum Gasteiger partial charge on any atom is -0.396 e. The summed E-state index contributed by atoms with van der Waals surface area (Å²) in [6.07, 6.45) is 0.742. The van der Waals surface area contributed by atoms with E-state index in [9.17, 15) is 4.79 Å². The number of carbonyl (C=O) groups is 1. The second-order valence-electron chi connectivity index (χ2n) is 3.93. The second-order valence-corrected chi connectivity index (χ2v) is 5.35. The van der Waals surface area contributed by atoms with Crippen LogP contribution in [0.25, 0.3) is 0 Å². The van der Waals surface area contributed by atoms with Crippen molar-refractivity contribution in [1.82, 2.24) is 0 Å². The van der Waals surface area contributed by atoms with Crippen molar-refractivity contribution in [3.63, 3.8) is 0 Å². The molecule has 16 heavy (non-hydrogen) atoms. The van der Waals surface area contributed by atoms with E-state index in [2.05, 4.69) is 0 Å². The van der Waals surface area contributed by atoms with Crippen molar-refractivity contribution < 1.29 is 9.90 Å². The standard InChI is InChI=1S/C13H18O2S/c1-10-4-3-5-12(8-10)13(15)9-16-11(2)6-7-14/h3-5,8,11,14H,6-7,9H2,1-2H3. The van der Waals surface area contributed by atoms with Gasteiger partial charge in [-0.2, -0.15) is 11.8 Å². The molecule has 88 valence electrons. The third-order valence-electron chi connectivity index (χ3n) is 2.37. The number of rotatable bonds is 6. The van der Waals surface area contributed by atoms with Crippen LogP contribution in [0.15, 0.2) is 24.3 Å². The maximum atomic E-state index is 11.8. The molecular formula is C13H18O2S. The van der Waals surface area contributed by atoms with Gasteiger partial charge in [-0.15, -0.1) is 0 Å². The summed E-state index contributed by atoms with van der Waals surface area (Å²) in [6.45, 7) is 4.20. The van der Waals surface area contributed by atoms with Gasteiger partial charge in [-0.25, -0.2) is 0 Å². The smallest absolute Gasteiger partial charge is 0.172 e. The van der Waals surface area contributed by atoms with E-state index < -0.39 is 0 Å². The predicted octanol–water partition coefficient (Wildman–Crippen LogP) is 2.68. The molecule has 2 nitrogen and oxygen atoms in total. The van der Waals surface area contributed by atoms with Crippen LogP contribution in [0.5, 0.6) is 0 Å². The molecule has 0 aliphatic rings. The van der Waals surface area contributed by atoms with Crippen molar-refractivity contribution in [3.8, 4) is 0 Å². The van der Waals surface area contributed by atoms with Gasteiger partial charge in [0.25, 0.3) is 0 Å². The summed E-state index contributed by atoms with van der Waals surface area (Å²) in [5, 5.41) is 9.09. The largest absolute Gasteiger partial charge is 0.396 e. The Morgan fingerprint density at radius 3 is 2.88 bits per heavy atom. The molecule has 1 aromatic carbocycles. The normalized spacial score (nSPS) is 12.4. The zero-order valence-corrected chi connectivity index (χ0v) is 10.6. The molecule has 1 unspecified atom stereocenters. The number of Topliss-reactive ketones (excluding diaryl/α,β-unsaturated/α-hetero) is 1. The van der Waals surface area contributed by atoms with E-state index >= 15 is 0 Å². The molecule has 0 saturated heterocycles. The molecule has 0 fully saturated rings. The summed E-state index contributed by atoms with van der Waals surface area (Å²) in [7, 11) is 0. The number of carbonyl (C=O) groups excluding carboxylic acids is 1. The van der Waals surface area contributed by atoms with Crippen molar-refractivity contribution in [2.45, 2.75) is 25.5 Å². The van der Waals surface area contributed by atoms with Crippen LogP contribution in [0.2, 0.25) is 0 Å². The summed E-state index contributed by atoms with van der Waals surface area (Å²) < 4.78 is 0. The summed E-state index contributed by atoms with van der Waals surface area (Å²) in [6, 6.07) is 7.66. The Kier molecular flexibility index (Phi) is 5.56. The molecule has 1 aromatic rings. The summed E-state index contributed by atoms with van der Waals surface area (Å²) in [5.74, 6) is 0.656. The van der Waals surface area contributed by atoms with E-state index in [-0.39, 0.29) is 12.4 Å². The molecule has 3 heteroatoms. The number of aliphatic hydroxyl groups is 1. The highest BCUT2D eigenvalue weighted by Crippen LogP contribution is 2.16. The van der Waals surface area contributed by atoms with Gasteiger partial charge in [-0.05, 0) is 19.4 Å². The number of aryl methyl sites for hydroxylation is 1. The van der Waals surface area contributed by atoms with Gasteiger partial charge in [0.1, 0.15) is 0 Å². The average molecular weight is 238 g/mol.